The van der Waals surface area contributed by atoms with Gasteiger partial charge in [-0.3, -0.25) is 53.3 Å². The van der Waals surface area contributed by atoms with Gasteiger partial charge >= 0.3 is 23.9 Å². The first-order valence-corrected chi connectivity index (χ1v) is 31.2. The molecule has 1 unspecified atom stereocenters. The number of hydrogen-bond donors (Lipinski definition) is 11. The molecule has 0 aliphatic heterocycles. The van der Waals surface area contributed by atoms with Crippen LogP contribution in [0.5, 0.6) is 0 Å². The van der Waals surface area contributed by atoms with E-state index in [0.717, 1.165) is 57.8 Å². The molecule has 0 rings (SSSR count). The number of nitrogens with one attached hydrogen (secondary N) is 5. The number of carboxylic acid groups (broad SMARTS) is 4. The van der Waals surface area contributed by atoms with E-state index >= 15 is 0 Å². The van der Waals surface area contributed by atoms with Gasteiger partial charge in [-0.1, -0.05) is 90.4 Å². The van der Waals surface area contributed by atoms with Crippen LogP contribution >= 0.6 is 0 Å². The van der Waals surface area contributed by atoms with Gasteiger partial charge in [0.2, 0.25) is 29.5 Å². The van der Waals surface area contributed by atoms with E-state index in [0.29, 0.717) is 45.1 Å². The van der Waals surface area contributed by atoms with Crippen molar-refractivity contribution >= 4 is 70.8 Å². The number of hydrogen-bond acceptors (Lipinski definition) is 18. The fourth-order valence-electron chi connectivity index (χ4n) is 9.15. The van der Waals surface area contributed by atoms with E-state index in [1.54, 1.807) is 0 Å². The van der Waals surface area contributed by atoms with Crippen LogP contribution in [0.1, 0.15) is 200 Å². The van der Waals surface area contributed by atoms with Crippen molar-refractivity contribution in [1.82, 2.24) is 26.6 Å². The van der Waals surface area contributed by atoms with Gasteiger partial charge in [0.25, 0.3) is 0 Å². The molecule has 6 atom stereocenters. The van der Waals surface area contributed by atoms with Crippen molar-refractivity contribution in [1.29, 1.82) is 0 Å². The second-order valence-electron chi connectivity index (χ2n) is 21.9. The largest absolute Gasteiger partial charge is 0.481 e. The van der Waals surface area contributed by atoms with Crippen molar-refractivity contribution < 1.29 is 102 Å². The van der Waals surface area contributed by atoms with Crippen LogP contribution in [0.3, 0.4) is 0 Å². The van der Waals surface area contributed by atoms with Gasteiger partial charge in [-0.25, -0.2) is 9.59 Å². The Hall–Kier alpha value is -6.00. The molecule has 12 N–H and O–H groups in total. The Morgan fingerprint density at radius 2 is 0.931 bits per heavy atom. The molecule has 0 heterocycles. The summed E-state index contributed by atoms with van der Waals surface area (Å²) in [6.45, 7) is 3.63. The van der Waals surface area contributed by atoms with E-state index in [2.05, 4.69) is 26.6 Å². The van der Waals surface area contributed by atoms with Crippen LogP contribution in [0.15, 0.2) is 0 Å². The molecule has 0 aromatic carbocycles. The van der Waals surface area contributed by atoms with E-state index < -0.39 is 102 Å². The summed E-state index contributed by atoms with van der Waals surface area (Å²) in [7, 11) is 0. The Kier molecular flexibility index (Phi) is 49.4. The topological polar surface area (TPSA) is 429 Å². The molecule has 0 aromatic heterocycles. The number of primary amides is 1. The van der Waals surface area contributed by atoms with Crippen molar-refractivity contribution in [2.75, 3.05) is 72.5 Å². The van der Waals surface area contributed by atoms with E-state index in [9.17, 15) is 78.0 Å². The summed E-state index contributed by atoms with van der Waals surface area (Å²) in [6, 6.07) is -3.66. The average molecular weight is 1250 g/mol. The van der Waals surface area contributed by atoms with E-state index in [4.69, 9.17) is 29.8 Å². The van der Waals surface area contributed by atoms with Gasteiger partial charge in [0, 0.05) is 70.6 Å². The molecule has 5 amide bonds. The summed E-state index contributed by atoms with van der Waals surface area (Å²) in [4.78, 5) is 144. The van der Waals surface area contributed by atoms with Crippen molar-refractivity contribution in [3.8, 4) is 0 Å². The number of Topliss-reactive ketones (excluding diaryl/α,β-unsaturated/α-hetero) is 3. The highest BCUT2D eigenvalue weighted by molar-refractivity contribution is 5.88. The molecular formula is C60H104N6O21. The zero-order valence-corrected chi connectivity index (χ0v) is 51.6. The van der Waals surface area contributed by atoms with Gasteiger partial charge < -0.3 is 71.5 Å². The number of unbranched alkanes of at least 4 members (excludes halogenated alkanes) is 14. The lowest BCUT2D eigenvalue weighted by Gasteiger charge is -2.20. The lowest BCUT2D eigenvalue weighted by Crippen LogP contribution is -2.50. The number of aliphatic hydroxyl groups is 1. The SMILES string of the molecule is CC[C@@H](CCCCNC(=O)CC[C@H](NC(=O)COCCOCCCC(=O)COCCOCCNC(=O)CC[C@H](CC(=O)CC[C@H](NC(=O)CCCCCCCCCCCCCCCCC(=O)O)C(=O)O)C(=O)O)C(=O)O)C(=O)CNC(C(N)=O)[C@@H](C)O. The fourth-order valence-corrected chi connectivity index (χ4v) is 9.15. The van der Waals surface area contributed by atoms with E-state index in [1.807, 2.05) is 6.92 Å². The molecule has 0 aromatic rings. The summed E-state index contributed by atoms with van der Waals surface area (Å²) in [6.07, 6.45) is 15.1. The number of nitrogens with two attached hydrogens (primary N) is 1. The molecule has 0 aliphatic carbocycles. The highest BCUT2D eigenvalue weighted by atomic mass is 16.5. The smallest absolute Gasteiger partial charge is 0.326 e. The van der Waals surface area contributed by atoms with Gasteiger partial charge in [0.05, 0.1) is 51.6 Å². The zero-order valence-electron chi connectivity index (χ0n) is 51.6. The minimum Gasteiger partial charge on any atom is -0.481 e. The Morgan fingerprint density at radius 1 is 0.437 bits per heavy atom. The molecule has 27 nitrogen and oxygen atoms in total. The summed E-state index contributed by atoms with van der Waals surface area (Å²) < 4.78 is 21.4. The Labute approximate surface area is 512 Å². The molecule has 0 saturated heterocycles. The fraction of sp³-hybridized carbons (Fsp3) is 0.800. The maximum absolute atomic E-state index is 12.7. The number of carbonyl (C=O) groups is 12. The minimum absolute atomic E-state index is 0.0167. The number of carboxylic acids is 4. The highest BCUT2D eigenvalue weighted by Crippen LogP contribution is 2.18. The van der Waals surface area contributed by atoms with Gasteiger partial charge in [-0.05, 0) is 64.7 Å². The monoisotopic (exact) mass is 1240 g/mol. The summed E-state index contributed by atoms with van der Waals surface area (Å²) in [5.41, 5.74) is 5.25. The van der Waals surface area contributed by atoms with Crippen LogP contribution in [0, 0.1) is 11.8 Å². The Morgan fingerprint density at radius 3 is 1.46 bits per heavy atom. The van der Waals surface area contributed by atoms with Crippen LogP contribution in [0.2, 0.25) is 0 Å². The molecule has 87 heavy (non-hydrogen) atoms. The van der Waals surface area contributed by atoms with E-state index in [-0.39, 0.29) is 135 Å². The number of ketones is 3. The zero-order chi connectivity index (χ0) is 65.0. The quantitative estimate of drug-likeness (QED) is 0.0387. The first-order valence-electron chi connectivity index (χ1n) is 31.2. The van der Waals surface area contributed by atoms with Crippen molar-refractivity contribution in [3.05, 3.63) is 0 Å². The van der Waals surface area contributed by atoms with Crippen molar-refractivity contribution in [2.45, 2.75) is 224 Å². The van der Waals surface area contributed by atoms with Gasteiger partial charge in [-0.2, -0.15) is 0 Å². The number of carbonyl (C=O) groups excluding carboxylic acids is 8. The molecule has 500 valence electrons. The number of ether oxygens (including phenoxy) is 4. The third kappa shape index (κ3) is 47.7. The highest BCUT2D eigenvalue weighted by Gasteiger charge is 2.27. The minimum atomic E-state index is -1.33. The molecule has 27 heteroatoms. The molecule has 0 fully saturated rings. The molecular weight excluding hydrogens is 1140 g/mol. The third-order valence-corrected chi connectivity index (χ3v) is 14.3. The van der Waals surface area contributed by atoms with Crippen LogP contribution in [0.4, 0.5) is 0 Å². The average Bonchev–Trinajstić information content (AvgIpc) is 3.60. The third-order valence-electron chi connectivity index (χ3n) is 14.3. The normalized spacial score (nSPS) is 13.3. The number of aliphatic hydroxyl groups excluding tert-OH is 1. The first-order chi connectivity index (χ1) is 41.6. The van der Waals surface area contributed by atoms with Gasteiger partial charge in [0.15, 0.2) is 5.78 Å². The number of amides is 5. The van der Waals surface area contributed by atoms with Crippen LogP contribution in [-0.4, -0.2) is 193 Å². The predicted octanol–water partition coefficient (Wildman–Crippen LogP) is 3.69. The summed E-state index contributed by atoms with van der Waals surface area (Å²) >= 11 is 0. The van der Waals surface area contributed by atoms with E-state index in [1.165, 1.54) is 32.6 Å². The van der Waals surface area contributed by atoms with Gasteiger partial charge in [-0.15, -0.1) is 0 Å². The first kappa shape index (κ1) is 81.0. The molecule has 0 bridgehead atoms. The maximum atomic E-state index is 12.7. The van der Waals surface area contributed by atoms with Crippen molar-refractivity contribution in [2.24, 2.45) is 17.6 Å². The molecule has 0 radical (unpaired) electrons. The lowest BCUT2D eigenvalue weighted by atomic mass is 9.94. The maximum Gasteiger partial charge on any atom is 0.326 e. The summed E-state index contributed by atoms with van der Waals surface area (Å²) in [5.74, 6) is -9.62. The predicted molar refractivity (Wildman–Crippen MR) is 318 cm³/mol. The number of rotatable bonds is 62. The Balaban J connectivity index is 4.06. The molecule has 0 aliphatic rings. The van der Waals surface area contributed by atoms with Gasteiger partial charge in [0.1, 0.15) is 42.9 Å². The second-order valence-corrected chi connectivity index (χ2v) is 21.9. The Bertz CT molecular complexity index is 2030. The van der Waals surface area contributed by atoms with Crippen LogP contribution < -0.4 is 32.3 Å². The second kappa shape index (κ2) is 53.1. The molecule has 0 saturated carbocycles. The van der Waals surface area contributed by atoms with Crippen molar-refractivity contribution in [3.63, 3.8) is 0 Å². The number of aliphatic carboxylic acids is 4. The molecule has 0 spiro atoms. The van der Waals surface area contributed by atoms with Crippen LogP contribution in [-0.2, 0) is 76.5 Å². The standard InChI is InChI=1S/C60H104N6O21/c1-3-44(50(70)40-64-56(43(2)67)57(61)77)21-18-19-31-62-52(72)30-28-49(60(82)83)66-54(74)42-87-38-35-84-33-20-22-47(69)41-86-37-36-85-34-32-63-51(71)29-25-45(58(78)79)39-46(68)26-27-48(59(80)81)65-53(73)23-16-14-12-10-8-6-4-5-7-9-11-13-15-17-24-55(75)76/h43-45,48-49,56,64,67H,3-42H2,1-2H3,(H2,61,77)(H,62,72)(H,63,71)(H,65,73)(H,66,74)(H,75,76)(H,78,79)(H,80,81)(H,82,83)/t43-,44+,45-,48+,49+,56?/m1/s1. The summed E-state index contributed by atoms with van der Waals surface area (Å²) in [5, 5.41) is 60.0. The lowest BCUT2D eigenvalue weighted by molar-refractivity contribution is -0.145. The van der Waals surface area contributed by atoms with Crippen LogP contribution in [0.25, 0.3) is 0 Å².